The molecule has 3 rings (SSSR count). The lowest BCUT2D eigenvalue weighted by atomic mass is 9.85. The van der Waals surface area contributed by atoms with Crippen LogP contribution in [0.5, 0.6) is 0 Å². The van der Waals surface area contributed by atoms with Gasteiger partial charge in [0.2, 0.25) is 0 Å². The molecule has 0 radical (unpaired) electrons. The van der Waals surface area contributed by atoms with Gasteiger partial charge in [-0.2, -0.15) is 0 Å². The summed E-state index contributed by atoms with van der Waals surface area (Å²) in [6, 6.07) is 9.22. The third-order valence-corrected chi connectivity index (χ3v) is 3.56. The summed E-state index contributed by atoms with van der Waals surface area (Å²) in [5, 5.41) is 2.98. The molecule has 0 fully saturated rings. The van der Waals surface area contributed by atoms with Crippen molar-refractivity contribution in [2.45, 2.75) is 33.1 Å². The SMILES string of the molecule is Cc1cc2c3c(c(C)ccc3c1)CCC2. The van der Waals surface area contributed by atoms with Gasteiger partial charge < -0.3 is 0 Å². The molecule has 0 N–H and O–H groups in total. The quantitative estimate of drug-likeness (QED) is 0.598. The van der Waals surface area contributed by atoms with E-state index in [0.717, 1.165) is 0 Å². The van der Waals surface area contributed by atoms with E-state index in [0.29, 0.717) is 0 Å². The number of hydrogen-bond donors (Lipinski definition) is 0. The average molecular weight is 196 g/mol. The number of aryl methyl sites for hydroxylation is 4. The molecule has 2 aromatic carbocycles. The molecule has 1 aliphatic rings. The first-order valence-electron chi connectivity index (χ1n) is 5.77. The van der Waals surface area contributed by atoms with Crippen molar-refractivity contribution in [2.24, 2.45) is 0 Å². The first kappa shape index (κ1) is 8.96. The molecule has 0 aliphatic heterocycles. The smallest absolute Gasteiger partial charge is 0.0117 e. The second-order valence-electron chi connectivity index (χ2n) is 4.74. The monoisotopic (exact) mass is 196 g/mol. The number of benzene rings is 2. The molecule has 0 atom stereocenters. The van der Waals surface area contributed by atoms with Crippen LogP contribution in [-0.4, -0.2) is 0 Å². The van der Waals surface area contributed by atoms with Crippen molar-refractivity contribution in [3.63, 3.8) is 0 Å². The molecule has 0 amide bonds. The summed E-state index contributed by atoms with van der Waals surface area (Å²) < 4.78 is 0. The maximum absolute atomic E-state index is 2.37. The standard InChI is InChI=1S/C15H16/c1-10-8-12-4-3-5-14-11(2)6-7-13(9-10)15(12)14/h6-9H,3-5H2,1-2H3. The fraction of sp³-hybridized carbons (Fsp3) is 0.333. The molecule has 0 saturated carbocycles. The van der Waals surface area contributed by atoms with Crippen LogP contribution >= 0.6 is 0 Å². The Balaban J connectivity index is 2.49. The molecule has 15 heavy (non-hydrogen) atoms. The van der Waals surface area contributed by atoms with Crippen molar-refractivity contribution in [1.29, 1.82) is 0 Å². The van der Waals surface area contributed by atoms with Crippen molar-refractivity contribution in [1.82, 2.24) is 0 Å². The van der Waals surface area contributed by atoms with Gasteiger partial charge in [-0.15, -0.1) is 0 Å². The van der Waals surface area contributed by atoms with Gasteiger partial charge in [0.05, 0.1) is 0 Å². The fourth-order valence-electron chi connectivity index (χ4n) is 2.88. The van der Waals surface area contributed by atoms with Crippen molar-refractivity contribution in [3.8, 4) is 0 Å². The highest BCUT2D eigenvalue weighted by atomic mass is 14.2. The zero-order valence-corrected chi connectivity index (χ0v) is 9.43. The lowest BCUT2D eigenvalue weighted by molar-refractivity contribution is 0.802. The van der Waals surface area contributed by atoms with Crippen LogP contribution in [-0.2, 0) is 12.8 Å². The number of rotatable bonds is 0. The summed E-state index contributed by atoms with van der Waals surface area (Å²) >= 11 is 0. The van der Waals surface area contributed by atoms with Gasteiger partial charge in [0, 0.05) is 0 Å². The van der Waals surface area contributed by atoms with E-state index in [1.807, 2.05) is 0 Å². The Labute approximate surface area is 90.9 Å². The van der Waals surface area contributed by atoms with E-state index >= 15 is 0 Å². The third-order valence-electron chi connectivity index (χ3n) is 3.56. The van der Waals surface area contributed by atoms with E-state index in [1.165, 1.54) is 35.8 Å². The lowest BCUT2D eigenvalue weighted by Crippen LogP contribution is -2.03. The molecular weight excluding hydrogens is 180 g/mol. The van der Waals surface area contributed by atoms with Gasteiger partial charge >= 0.3 is 0 Å². The van der Waals surface area contributed by atoms with Crippen LogP contribution in [0.25, 0.3) is 10.8 Å². The van der Waals surface area contributed by atoms with Crippen LogP contribution in [0.15, 0.2) is 24.3 Å². The zero-order valence-electron chi connectivity index (χ0n) is 9.43. The van der Waals surface area contributed by atoms with E-state index in [4.69, 9.17) is 0 Å². The largest absolute Gasteiger partial charge is 0.0584 e. The van der Waals surface area contributed by atoms with Crippen LogP contribution in [0.2, 0.25) is 0 Å². The van der Waals surface area contributed by atoms with Crippen molar-refractivity contribution in [3.05, 3.63) is 46.5 Å². The summed E-state index contributed by atoms with van der Waals surface area (Å²) in [5.41, 5.74) is 6.02. The van der Waals surface area contributed by atoms with Crippen LogP contribution < -0.4 is 0 Å². The molecule has 0 saturated heterocycles. The highest BCUT2D eigenvalue weighted by Gasteiger charge is 2.14. The molecule has 0 bridgehead atoms. The Hall–Kier alpha value is -1.30. The van der Waals surface area contributed by atoms with Crippen LogP contribution in [0.4, 0.5) is 0 Å². The Morgan fingerprint density at radius 3 is 2.73 bits per heavy atom. The Morgan fingerprint density at radius 2 is 1.87 bits per heavy atom. The van der Waals surface area contributed by atoms with Crippen LogP contribution in [0, 0.1) is 13.8 Å². The van der Waals surface area contributed by atoms with Gasteiger partial charge in [0.25, 0.3) is 0 Å². The molecule has 2 aromatic rings. The normalized spacial score (nSPS) is 14.5. The molecule has 0 aromatic heterocycles. The second-order valence-corrected chi connectivity index (χ2v) is 4.74. The van der Waals surface area contributed by atoms with Gasteiger partial charge in [-0.3, -0.25) is 0 Å². The second kappa shape index (κ2) is 3.10. The van der Waals surface area contributed by atoms with Gasteiger partial charge in [0.1, 0.15) is 0 Å². The summed E-state index contributed by atoms with van der Waals surface area (Å²) in [7, 11) is 0. The first-order valence-corrected chi connectivity index (χ1v) is 5.77. The molecule has 1 aliphatic carbocycles. The minimum Gasteiger partial charge on any atom is -0.0584 e. The molecular formula is C15H16. The van der Waals surface area contributed by atoms with Gasteiger partial charge in [-0.25, -0.2) is 0 Å². The van der Waals surface area contributed by atoms with Crippen LogP contribution in [0.1, 0.15) is 28.7 Å². The van der Waals surface area contributed by atoms with Gasteiger partial charge in [-0.05, 0) is 60.6 Å². The highest BCUT2D eigenvalue weighted by Crippen LogP contribution is 2.32. The Morgan fingerprint density at radius 1 is 1.00 bits per heavy atom. The highest BCUT2D eigenvalue weighted by molar-refractivity contribution is 5.91. The van der Waals surface area contributed by atoms with Crippen molar-refractivity contribution < 1.29 is 0 Å². The lowest BCUT2D eigenvalue weighted by Gasteiger charge is -2.19. The van der Waals surface area contributed by atoms with E-state index < -0.39 is 0 Å². The Bertz CT molecular complexity index is 535. The number of hydrogen-bond acceptors (Lipinski definition) is 0. The molecule has 0 heteroatoms. The maximum atomic E-state index is 2.37. The predicted octanol–water partition coefficient (Wildman–Crippen LogP) is 3.95. The third kappa shape index (κ3) is 1.28. The molecule has 76 valence electrons. The first-order chi connectivity index (χ1) is 7.25. The van der Waals surface area contributed by atoms with Crippen LogP contribution in [0.3, 0.4) is 0 Å². The molecule has 0 nitrogen and oxygen atoms in total. The van der Waals surface area contributed by atoms with Gasteiger partial charge in [-0.1, -0.05) is 29.8 Å². The summed E-state index contributed by atoms with van der Waals surface area (Å²) in [6.45, 7) is 4.44. The van der Waals surface area contributed by atoms with E-state index in [1.54, 1.807) is 16.5 Å². The topological polar surface area (TPSA) is 0 Å². The Kier molecular flexibility index (Phi) is 1.85. The van der Waals surface area contributed by atoms with E-state index in [-0.39, 0.29) is 0 Å². The van der Waals surface area contributed by atoms with Crippen molar-refractivity contribution in [2.75, 3.05) is 0 Å². The maximum Gasteiger partial charge on any atom is -0.0117 e. The molecule has 0 heterocycles. The van der Waals surface area contributed by atoms with Gasteiger partial charge in [0.15, 0.2) is 0 Å². The predicted molar refractivity (Wildman–Crippen MR) is 65.4 cm³/mol. The molecule has 0 spiro atoms. The summed E-state index contributed by atoms with van der Waals surface area (Å²) in [6.07, 6.45) is 3.84. The summed E-state index contributed by atoms with van der Waals surface area (Å²) in [5.74, 6) is 0. The fourth-order valence-corrected chi connectivity index (χ4v) is 2.88. The summed E-state index contributed by atoms with van der Waals surface area (Å²) in [4.78, 5) is 0. The zero-order chi connectivity index (χ0) is 10.4. The average Bonchev–Trinajstić information content (AvgIpc) is 2.23. The van der Waals surface area contributed by atoms with Crippen molar-refractivity contribution >= 4 is 10.8 Å². The van der Waals surface area contributed by atoms with E-state index in [9.17, 15) is 0 Å². The van der Waals surface area contributed by atoms with E-state index in [2.05, 4.69) is 38.1 Å². The molecule has 0 unspecified atom stereocenters. The minimum atomic E-state index is 1.26. The minimum absolute atomic E-state index is 1.26.